The Labute approximate surface area is 139 Å². The second-order valence-electron chi connectivity index (χ2n) is 5.43. The van der Waals surface area contributed by atoms with Crippen molar-refractivity contribution in [3.05, 3.63) is 47.1 Å². The Kier molecular flexibility index (Phi) is 4.62. The van der Waals surface area contributed by atoms with Crippen LogP contribution >= 0.6 is 11.6 Å². The number of urea groups is 1. The van der Waals surface area contributed by atoms with E-state index in [0.29, 0.717) is 29.7 Å². The van der Waals surface area contributed by atoms with Gasteiger partial charge in [0, 0.05) is 29.7 Å². The summed E-state index contributed by atoms with van der Waals surface area (Å²) in [4.78, 5) is 14.0. The maximum Gasteiger partial charge on any atom is 0.321 e. The molecule has 0 aliphatic carbocycles. The Hall–Kier alpha value is -2.34. The largest absolute Gasteiger partial charge is 0.471 e. The van der Waals surface area contributed by atoms with Gasteiger partial charge in [-0.25, -0.2) is 4.79 Å². The molecule has 1 aliphatic rings. The van der Waals surface area contributed by atoms with Crippen LogP contribution in [-0.2, 0) is 0 Å². The molecule has 1 fully saturated rings. The zero-order valence-electron chi connectivity index (χ0n) is 12.7. The Bertz CT molecular complexity index is 693. The summed E-state index contributed by atoms with van der Waals surface area (Å²) in [7, 11) is 0. The summed E-state index contributed by atoms with van der Waals surface area (Å²) in [6.07, 6.45) is 0.690. The first-order valence-corrected chi connectivity index (χ1v) is 7.76. The summed E-state index contributed by atoms with van der Waals surface area (Å²) in [5.74, 6) is 0.484. The number of carbonyl (C=O) groups is 1. The summed E-state index contributed by atoms with van der Waals surface area (Å²) >= 11 is 5.91. The van der Waals surface area contributed by atoms with Crippen LogP contribution in [0, 0.1) is 6.92 Å². The van der Waals surface area contributed by atoms with E-state index >= 15 is 0 Å². The molecule has 2 heterocycles. The van der Waals surface area contributed by atoms with Gasteiger partial charge in [0.2, 0.25) is 5.88 Å². The lowest BCUT2D eigenvalue weighted by Crippen LogP contribution is -2.34. The van der Waals surface area contributed by atoms with E-state index in [1.165, 1.54) is 0 Å². The SMILES string of the molecule is Cc1ccc(OC2CCN(C(=O)Nc3cccc(Cl)c3)C2)nn1. The van der Waals surface area contributed by atoms with Crippen LogP contribution in [-0.4, -0.2) is 40.3 Å². The predicted molar refractivity (Wildman–Crippen MR) is 87.8 cm³/mol. The number of ether oxygens (including phenoxy) is 1. The van der Waals surface area contributed by atoms with Crippen LogP contribution in [0.3, 0.4) is 0 Å². The van der Waals surface area contributed by atoms with E-state index in [4.69, 9.17) is 16.3 Å². The normalized spacial score (nSPS) is 17.1. The van der Waals surface area contributed by atoms with E-state index in [1.54, 1.807) is 35.2 Å². The number of rotatable bonds is 3. The summed E-state index contributed by atoms with van der Waals surface area (Å²) < 4.78 is 5.76. The van der Waals surface area contributed by atoms with E-state index in [1.807, 2.05) is 13.0 Å². The second-order valence-corrected chi connectivity index (χ2v) is 5.86. The van der Waals surface area contributed by atoms with Crippen molar-refractivity contribution in [2.45, 2.75) is 19.4 Å². The third kappa shape index (κ3) is 4.10. The molecule has 120 valence electrons. The van der Waals surface area contributed by atoms with Crippen LogP contribution in [0.5, 0.6) is 5.88 Å². The topological polar surface area (TPSA) is 67.3 Å². The second kappa shape index (κ2) is 6.83. The first-order valence-electron chi connectivity index (χ1n) is 7.38. The predicted octanol–water partition coefficient (Wildman–Crippen LogP) is 3.12. The minimum Gasteiger partial charge on any atom is -0.471 e. The van der Waals surface area contributed by atoms with Crippen molar-refractivity contribution in [2.75, 3.05) is 18.4 Å². The molecule has 1 N–H and O–H groups in total. The Morgan fingerprint density at radius 3 is 2.96 bits per heavy atom. The average molecular weight is 333 g/mol. The van der Waals surface area contributed by atoms with Gasteiger partial charge < -0.3 is 15.0 Å². The number of nitrogens with one attached hydrogen (secondary N) is 1. The minimum absolute atomic E-state index is 0.0721. The van der Waals surface area contributed by atoms with E-state index in [9.17, 15) is 4.79 Å². The van der Waals surface area contributed by atoms with Crippen molar-refractivity contribution in [1.82, 2.24) is 15.1 Å². The van der Waals surface area contributed by atoms with Crippen LogP contribution in [0.1, 0.15) is 12.1 Å². The molecular weight excluding hydrogens is 316 g/mol. The Balaban J connectivity index is 1.54. The number of anilines is 1. The lowest BCUT2D eigenvalue weighted by Gasteiger charge is -2.17. The molecule has 0 bridgehead atoms. The molecule has 0 spiro atoms. The number of nitrogens with zero attached hydrogens (tertiary/aromatic N) is 3. The molecule has 1 aromatic heterocycles. The van der Waals surface area contributed by atoms with E-state index in [2.05, 4.69) is 15.5 Å². The highest BCUT2D eigenvalue weighted by Crippen LogP contribution is 2.19. The van der Waals surface area contributed by atoms with Crippen molar-refractivity contribution < 1.29 is 9.53 Å². The van der Waals surface area contributed by atoms with Crippen LogP contribution < -0.4 is 10.1 Å². The fourth-order valence-electron chi connectivity index (χ4n) is 2.40. The summed E-state index contributed by atoms with van der Waals surface area (Å²) in [5.41, 5.74) is 1.52. The number of aryl methyl sites for hydroxylation is 1. The molecule has 23 heavy (non-hydrogen) atoms. The van der Waals surface area contributed by atoms with Crippen molar-refractivity contribution in [3.8, 4) is 5.88 Å². The highest BCUT2D eigenvalue weighted by molar-refractivity contribution is 6.30. The Morgan fingerprint density at radius 2 is 2.22 bits per heavy atom. The zero-order chi connectivity index (χ0) is 16.2. The molecular formula is C16H17ClN4O2. The standard InChI is InChI=1S/C16H17ClN4O2/c1-11-5-6-15(20-19-11)23-14-7-8-21(10-14)16(22)18-13-4-2-3-12(17)9-13/h2-6,9,14H,7-8,10H2,1H3,(H,18,22). The van der Waals surface area contributed by atoms with Crippen molar-refractivity contribution >= 4 is 23.3 Å². The van der Waals surface area contributed by atoms with Gasteiger partial charge in [-0.05, 0) is 31.2 Å². The van der Waals surface area contributed by atoms with Crippen molar-refractivity contribution in [1.29, 1.82) is 0 Å². The minimum atomic E-state index is -0.159. The Morgan fingerprint density at radius 1 is 1.35 bits per heavy atom. The van der Waals surface area contributed by atoms with E-state index in [-0.39, 0.29) is 12.1 Å². The zero-order valence-corrected chi connectivity index (χ0v) is 13.5. The molecule has 2 aromatic rings. The quantitative estimate of drug-likeness (QED) is 0.937. The van der Waals surface area contributed by atoms with Gasteiger partial charge >= 0.3 is 6.03 Å². The number of benzene rings is 1. The maximum absolute atomic E-state index is 12.3. The highest BCUT2D eigenvalue weighted by atomic mass is 35.5. The van der Waals surface area contributed by atoms with Gasteiger partial charge in [0.15, 0.2) is 0 Å². The first-order chi connectivity index (χ1) is 11.1. The fourth-order valence-corrected chi connectivity index (χ4v) is 2.59. The molecule has 1 aromatic carbocycles. The maximum atomic E-state index is 12.3. The lowest BCUT2D eigenvalue weighted by atomic mass is 10.3. The van der Waals surface area contributed by atoms with Gasteiger partial charge in [-0.2, -0.15) is 5.10 Å². The summed E-state index contributed by atoms with van der Waals surface area (Å²) in [5, 5.41) is 11.4. The first kappa shape index (κ1) is 15.6. The number of aromatic nitrogens is 2. The number of hydrogen-bond donors (Lipinski definition) is 1. The van der Waals surface area contributed by atoms with Gasteiger partial charge in [0.1, 0.15) is 6.10 Å². The van der Waals surface area contributed by atoms with Crippen LogP contribution in [0.4, 0.5) is 10.5 Å². The molecule has 1 aliphatic heterocycles. The molecule has 1 saturated heterocycles. The summed E-state index contributed by atoms with van der Waals surface area (Å²) in [6, 6.07) is 10.6. The number of likely N-dealkylation sites (tertiary alicyclic amines) is 1. The van der Waals surface area contributed by atoms with Crippen LogP contribution in [0.2, 0.25) is 5.02 Å². The molecule has 0 saturated carbocycles. The van der Waals surface area contributed by atoms with Crippen molar-refractivity contribution in [3.63, 3.8) is 0 Å². The fraction of sp³-hybridized carbons (Fsp3) is 0.312. The highest BCUT2D eigenvalue weighted by Gasteiger charge is 2.28. The van der Waals surface area contributed by atoms with E-state index < -0.39 is 0 Å². The number of amides is 2. The average Bonchev–Trinajstić information content (AvgIpc) is 2.98. The monoisotopic (exact) mass is 332 g/mol. The molecule has 1 atom stereocenters. The lowest BCUT2D eigenvalue weighted by molar-refractivity contribution is 0.188. The van der Waals surface area contributed by atoms with Gasteiger partial charge in [0.05, 0.1) is 12.2 Å². The van der Waals surface area contributed by atoms with Gasteiger partial charge in [-0.15, -0.1) is 5.10 Å². The number of hydrogen-bond acceptors (Lipinski definition) is 4. The van der Waals surface area contributed by atoms with Gasteiger partial charge in [0.25, 0.3) is 0 Å². The molecule has 3 rings (SSSR count). The van der Waals surface area contributed by atoms with E-state index in [0.717, 1.165) is 12.1 Å². The molecule has 1 unspecified atom stereocenters. The third-order valence-electron chi connectivity index (χ3n) is 3.57. The number of halogens is 1. The van der Waals surface area contributed by atoms with Gasteiger partial charge in [-0.3, -0.25) is 0 Å². The van der Waals surface area contributed by atoms with Crippen molar-refractivity contribution in [2.24, 2.45) is 0 Å². The summed E-state index contributed by atoms with van der Waals surface area (Å²) in [6.45, 7) is 3.02. The number of carbonyl (C=O) groups excluding carboxylic acids is 1. The molecule has 7 heteroatoms. The van der Waals surface area contributed by atoms with Crippen LogP contribution in [0.25, 0.3) is 0 Å². The third-order valence-corrected chi connectivity index (χ3v) is 3.80. The molecule has 2 amide bonds. The van der Waals surface area contributed by atoms with Crippen LogP contribution in [0.15, 0.2) is 36.4 Å². The smallest absolute Gasteiger partial charge is 0.321 e. The molecule has 0 radical (unpaired) electrons. The molecule has 6 nitrogen and oxygen atoms in total. The van der Waals surface area contributed by atoms with Gasteiger partial charge in [-0.1, -0.05) is 17.7 Å².